The molecule has 1 aromatic carbocycles. The van der Waals surface area contributed by atoms with Crippen LogP contribution >= 0.6 is 0 Å². The van der Waals surface area contributed by atoms with Crippen LogP contribution in [0.3, 0.4) is 0 Å². The average Bonchev–Trinajstić information content (AvgIpc) is 2.24. The Labute approximate surface area is 94.3 Å². The van der Waals surface area contributed by atoms with E-state index in [9.17, 15) is 4.79 Å². The first-order valence-corrected chi connectivity index (χ1v) is 4.96. The molecule has 0 saturated heterocycles. The van der Waals surface area contributed by atoms with Gasteiger partial charge in [-0.25, -0.2) is 0 Å². The number of carbonyl (C=O) groups excluding carboxylic acids is 1. The largest absolute Gasteiger partial charge is 0.497 e. The highest BCUT2D eigenvalue weighted by Crippen LogP contribution is 2.27. The minimum atomic E-state index is -0.332. The molecular weight excluding hydrogens is 208 g/mol. The summed E-state index contributed by atoms with van der Waals surface area (Å²) in [5, 5.41) is 0. The van der Waals surface area contributed by atoms with Crippen LogP contribution in [0.1, 0.15) is 12.5 Å². The van der Waals surface area contributed by atoms with Crippen molar-refractivity contribution in [2.45, 2.75) is 13.3 Å². The summed E-state index contributed by atoms with van der Waals surface area (Å²) in [5.41, 5.74) is 12.9. The Kier molecular flexibility index (Phi) is 3.99. The fourth-order valence-electron chi connectivity index (χ4n) is 1.34. The number of hydrogen-bond acceptors (Lipinski definition) is 5. The van der Waals surface area contributed by atoms with Crippen LogP contribution in [0, 0.1) is 0 Å². The number of ether oxygens (including phenoxy) is 2. The van der Waals surface area contributed by atoms with Gasteiger partial charge in [0, 0.05) is 6.07 Å². The lowest BCUT2D eigenvalue weighted by Crippen LogP contribution is -2.10. The molecule has 0 saturated carbocycles. The van der Waals surface area contributed by atoms with Gasteiger partial charge in [0.05, 0.1) is 31.5 Å². The first-order chi connectivity index (χ1) is 7.58. The standard InChI is InChI=1S/C11H16N2O3/c1-3-16-10(14)5-7-4-8(15-2)6-9(12)11(7)13/h4,6H,3,5,12-13H2,1-2H3. The van der Waals surface area contributed by atoms with E-state index in [-0.39, 0.29) is 12.4 Å². The van der Waals surface area contributed by atoms with Crippen molar-refractivity contribution in [3.8, 4) is 5.75 Å². The topological polar surface area (TPSA) is 87.6 Å². The molecule has 5 heteroatoms. The third-order valence-electron chi connectivity index (χ3n) is 2.15. The van der Waals surface area contributed by atoms with Gasteiger partial charge in [0.2, 0.25) is 0 Å². The fraction of sp³-hybridized carbons (Fsp3) is 0.364. The summed E-state index contributed by atoms with van der Waals surface area (Å²) < 4.78 is 9.88. The lowest BCUT2D eigenvalue weighted by Gasteiger charge is -2.10. The molecule has 88 valence electrons. The molecule has 1 aromatic rings. The highest BCUT2D eigenvalue weighted by atomic mass is 16.5. The van der Waals surface area contributed by atoms with Gasteiger partial charge in [-0.2, -0.15) is 0 Å². The number of nitrogens with two attached hydrogens (primary N) is 2. The van der Waals surface area contributed by atoms with E-state index in [1.54, 1.807) is 19.1 Å². The second kappa shape index (κ2) is 5.25. The maximum absolute atomic E-state index is 11.3. The van der Waals surface area contributed by atoms with Gasteiger partial charge in [-0.3, -0.25) is 4.79 Å². The van der Waals surface area contributed by atoms with Crippen LogP contribution in [0.4, 0.5) is 11.4 Å². The van der Waals surface area contributed by atoms with E-state index in [1.165, 1.54) is 7.11 Å². The molecule has 0 aliphatic carbocycles. The predicted octanol–water partition coefficient (Wildman–Crippen LogP) is 0.965. The summed E-state index contributed by atoms with van der Waals surface area (Å²) in [4.78, 5) is 11.3. The molecule has 0 spiro atoms. The molecule has 5 nitrogen and oxygen atoms in total. The number of hydrogen-bond donors (Lipinski definition) is 2. The Morgan fingerprint density at radius 2 is 2.06 bits per heavy atom. The Morgan fingerprint density at radius 3 is 2.62 bits per heavy atom. The highest BCUT2D eigenvalue weighted by molar-refractivity contribution is 5.79. The molecule has 0 amide bonds. The van der Waals surface area contributed by atoms with Crippen molar-refractivity contribution in [2.75, 3.05) is 25.2 Å². The second-order valence-corrected chi connectivity index (χ2v) is 3.27. The first-order valence-electron chi connectivity index (χ1n) is 4.96. The zero-order valence-electron chi connectivity index (χ0n) is 9.45. The lowest BCUT2D eigenvalue weighted by atomic mass is 10.1. The number of esters is 1. The number of carbonyl (C=O) groups is 1. The summed E-state index contributed by atoms with van der Waals surface area (Å²) in [5.74, 6) is 0.243. The molecule has 1 rings (SSSR count). The number of anilines is 2. The first kappa shape index (κ1) is 12.2. The predicted molar refractivity (Wildman–Crippen MR) is 62.2 cm³/mol. The Hall–Kier alpha value is -1.91. The van der Waals surface area contributed by atoms with Crippen LogP contribution in [-0.4, -0.2) is 19.7 Å². The normalized spacial score (nSPS) is 9.88. The molecule has 16 heavy (non-hydrogen) atoms. The van der Waals surface area contributed by atoms with E-state index in [4.69, 9.17) is 20.9 Å². The van der Waals surface area contributed by atoms with Crippen LogP contribution in [0.2, 0.25) is 0 Å². The average molecular weight is 224 g/mol. The minimum absolute atomic E-state index is 0.0983. The van der Waals surface area contributed by atoms with Crippen LogP contribution in [-0.2, 0) is 16.0 Å². The molecule has 0 heterocycles. The fourth-order valence-corrected chi connectivity index (χ4v) is 1.34. The van der Waals surface area contributed by atoms with Crippen molar-refractivity contribution in [1.29, 1.82) is 0 Å². The van der Waals surface area contributed by atoms with E-state index in [0.29, 0.717) is 29.3 Å². The number of benzene rings is 1. The molecule has 0 atom stereocenters. The Morgan fingerprint density at radius 1 is 1.38 bits per heavy atom. The molecule has 4 N–H and O–H groups in total. The van der Waals surface area contributed by atoms with E-state index in [2.05, 4.69) is 0 Å². The summed E-state index contributed by atoms with van der Waals surface area (Å²) >= 11 is 0. The molecule has 0 aliphatic rings. The van der Waals surface area contributed by atoms with Crippen molar-refractivity contribution in [2.24, 2.45) is 0 Å². The van der Waals surface area contributed by atoms with E-state index in [0.717, 1.165) is 0 Å². The van der Waals surface area contributed by atoms with Crippen molar-refractivity contribution in [3.05, 3.63) is 17.7 Å². The van der Waals surface area contributed by atoms with Crippen molar-refractivity contribution in [1.82, 2.24) is 0 Å². The van der Waals surface area contributed by atoms with Crippen LogP contribution in [0.15, 0.2) is 12.1 Å². The number of rotatable bonds is 4. The number of nitrogen functional groups attached to an aromatic ring is 2. The Balaban J connectivity index is 2.94. The zero-order valence-corrected chi connectivity index (χ0v) is 9.45. The van der Waals surface area contributed by atoms with E-state index < -0.39 is 0 Å². The summed E-state index contributed by atoms with van der Waals surface area (Å²) in [6.07, 6.45) is 0.0983. The van der Waals surface area contributed by atoms with Gasteiger partial charge in [0.25, 0.3) is 0 Å². The highest BCUT2D eigenvalue weighted by Gasteiger charge is 2.11. The molecule has 0 radical (unpaired) electrons. The van der Waals surface area contributed by atoms with Gasteiger partial charge in [0.1, 0.15) is 5.75 Å². The van der Waals surface area contributed by atoms with E-state index >= 15 is 0 Å². The summed E-state index contributed by atoms with van der Waals surface area (Å²) in [7, 11) is 1.53. The maximum Gasteiger partial charge on any atom is 0.310 e. The molecular formula is C11H16N2O3. The molecule has 0 aromatic heterocycles. The SMILES string of the molecule is CCOC(=O)Cc1cc(OC)cc(N)c1N. The van der Waals surface area contributed by atoms with Gasteiger partial charge in [-0.15, -0.1) is 0 Å². The molecule has 0 aliphatic heterocycles. The number of methoxy groups -OCH3 is 1. The monoisotopic (exact) mass is 224 g/mol. The smallest absolute Gasteiger partial charge is 0.310 e. The Bertz CT molecular complexity index is 391. The minimum Gasteiger partial charge on any atom is -0.497 e. The third kappa shape index (κ3) is 2.79. The van der Waals surface area contributed by atoms with Crippen LogP contribution in [0.5, 0.6) is 5.75 Å². The van der Waals surface area contributed by atoms with Gasteiger partial charge < -0.3 is 20.9 Å². The zero-order chi connectivity index (χ0) is 12.1. The van der Waals surface area contributed by atoms with Gasteiger partial charge in [0.15, 0.2) is 0 Å². The lowest BCUT2D eigenvalue weighted by molar-refractivity contribution is -0.142. The van der Waals surface area contributed by atoms with Gasteiger partial charge in [-0.1, -0.05) is 0 Å². The molecule has 0 bridgehead atoms. The van der Waals surface area contributed by atoms with Gasteiger partial charge in [-0.05, 0) is 18.6 Å². The van der Waals surface area contributed by atoms with Crippen LogP contribution < -0.4 is 16.2 Å². The summed E-state index contributed by atoms with van der Waals surface area (Å²) in [6.45, 7) is 2.10. The summed E-state index contributed by atoms with van der Waals surface area (Å²) in [6, 6.07) is 3.30. The maximum atomic E-state index is 11.3. The van der Waals surface area contributed by atoms with Gasteiger partial charge >= 0.3 is 5.97 Å². The van der Waals surface area contributed by atoms with Crippen LogP contribution in [0.25, 0.3) is 0 Å². The molecule has 0 unspecified atom stereocenters. The third-order valence-corrected chi connectivity index (χ3v) is 2.15. The quantitative estimate of drug-likeness (QED) is 0.587. The van der Waals surface area contributed by atoms with Crippen molar-refractivity contribution >= 4 is 17.3 Å². The molecule has 0 fully saturated rings. The van der Waals surface area contributed by atoms with Crippen molar-refractivity contribution in [3.63, 3.8) is 0 Å². The van der Waals surface area contributed by atoms with E-state index in [1.807, 2.05) is 0 Å². The van der Waals surface area contributed by atoms with Crippen molar-refractivity contribution < 1.29 is 14.3 Å². The second-order valence-electron chi connectivity index (χ2n) is 3.27.